The molecule has 1 N–H and O–H groups in total. The largest absolute Gasteiger partial charge is 0.407 e. The lowest BCUT2D eigenvalue weighted by Crippen LogP contribution is -2.38. The standard InChI is InChI=1S/C14H27N5O2/c1-6-19(7-2)13(20)10-18(5)14-17-16-12(21-14)9-15-8-11(3)4/h11,15H,6-10H2,1-5H3. The second-order valence-corrected chi connectivity index (χ2v) is 5.43. The molecule has 0 unspecified atom stereocenters. The summed E-state index contributed by atoms with van der Waals surface area (Å²) in [6, 6.07) is 0.372. The Labute approximate surface area is 126 Å². The van der Waals surface area contributed by atoms with Crippen molar-refractivity contribution in [3.63, 3.8) is 0 Å². The van der Waals surface area contributed by atoms with Crippen LogP contribution in [-0.2, 0) is 11.3 Å². The molecular weight excluding hydrogens is 270 g/mol. The Kier molecular flexibility index (Phi) is 7.14. The van der Waals surface area contributed by atoms with Gasteiger partial charge in [-0.1, -0.05) is 18.9 Å². The van der Waals surface area contributed by atoms with Gasteiger partial charge in [0.05, 0.1) is 6.54 Å². The zero-order valence-electron chi connectivity index (χ0n) is 13.7. The van der Waals surface area contributed by atoms with Gasteiger partial charge in [-0.15, -0.1) is 5.10 Å². The second kappa shape index (κ2) is 8.61. The molecule has 1 heterocycles. The van der Waals surface area contributed by atoms with Crippen LogP contribution in [0, 0.1) is 5.92 Å². The molecule has 7 heteroatoms. The third kappa shape index (κ3) is 5.71. The first-order valence-corrected chi connectivity index (χ1v) is 7.49. The van der Waals surface area contributed by atoms with Crippen LogP contribution in [0.3, 0.4) is 0 Å². The third-order valence-electron chi connectivity index (χ3n) is 3.10. The average molecular weight is 297 g/mol. The fourth-order valence-corrected chi connectivity index (χ4v) is 1.89. The lowest BCUT2D eigenvalue weighted by atomic mass is 10.2. The maximum Gasteiger partial charge on any atom is 0.318 e. The maximum absolute atomic E-state index is 12.0. The minimum Gasteiger partial charge on any atom is -0.407 e. The number of aromatic nitrogens is 2. The van der Waals surface area contributed by atoms with Crippen LogP contribution in [0.2, 0.25) is 0 Å². The number of hydrogen-bond acceptors (Lipinski definition) is 6. The molecule has 21 heavy (non-hydrogen) atoms. The van der Waals surface area contributed by atoms with Crippen molar-refractivity contribution in [1.29, 1.82) is 0 Å². The molecule has 0 aliphatic rings. The molecule has 0 radical (unpaired) electrons. The first kappa shape index (κ1) is 17.4. The number of nitrogens with one attached hydrogen (secondary N) is 1. The summed E-state index contributed by atoms with van der Waals surface area (Å²) >= 11 is 0. The summed E-state index contributed by atoms with van der Waals surface area (Å²) < 4.78 is 5.55. The number of anilines is 1. The van der Waals surface area contributed by atoms with Crippen molar-refractivity contribution < 1.29 is 9.21 Å². The Morgan fingerprint density at radius 2 is 1.95 bits per heavy atom. The highest BCUT2D eigenvalue weighted by molar-refractivity contribution is 5.80. The van der Waals surface area contributed by atoms with Gasteiger partial charge in [-0.2, -0.15) is 0 Å². The minimum atomic E-state index is 0.0557. The predicted octanol–water partition coefficient (Wildman–Crippen LogP) is 1.12. The van der Waals surface area contributed by atoms with Gasteiger partial charge in [0.15, 0.2) is 0 Å². The smallest absolute Gasteiger partial charge is 0.318 e. The highest BCUT2D eigenvalue weighted by atomic mass is 16.4. The van der Waals surface area contributed by atoms with Gasteiger partial charge in [-0.05, 0) is 26.3 Å². The van der Waals surface area contributed by atoms with Crippen LogP contribution < -0.4 is 10.2 Å². The van der Waals surface area contributed by atoms with Gasteiger partial charge in [-0.3, -0.25) is 4.79 Å². The van der Waals surface area contributed by atoms with Crippen molar-refractivity contribution in [2.75, 3.05) is 38.1 Å². The molecule has 1 aromatic heterocycles. The van der Waals surface area contributed by atoms with Gasteiger partial charge in [0.1, 0.15) is 6.54 Å². The van der Waals surface area contributed by atoms with Crippen LogP contribution in [0.5, 0.6) is 0 Å². The Balaban J connectivity index is 2.49. The van der Waals surface area contributed by atoms with Crippen molar-refractivity contribution >= 4 is 11.9 Å². The van der Waals surface area contributed by atoms with E-state index in [0.717, 1.165) is 6.54 Å². The van der Waals surface area contributed by atoms with Crippen LogP contribution in [0.25, 0.3) is 0 Å². The molecule has 0 saturated carbocycles. The normalized spacial score (nSPS) is 11.0. The molecule has 0 aliphatic heterocycles. The number of carbonyl (C=O) groups excluding carboxylic acids is 1. The first-order valence-electron chi connectivity index (χ1n) is 7.49. The van der Waals surface area contributed by atoms with Gasteiger partial charge < -0.3 is 19.5 Å². The summed E-state index contributed by atoms with van der Waals surface area (Å²) in [5.74, 6) is 1.16. The van der Waals surface area contributed by atoms with Crippen molar-refractivity contribution in [3.05, 3.63) is 5.89 Å². The third-order valence-corrected chi connectivity index (χ3v) is 3.10. The van der Waals surface area contributed by atoms with E-state index in [1.807, 2.05) is 13.8 Å². The number of rotatable bonds is 9. The Bertz CT molecular complexity index is 429. The van der Waals surface area contributed by atoms with Gasteiger partial charge in [0.2, 0.25) is 11.8 Å². The van der Waals surface area contributed by atoms with E-state index in [2.05, 4.69) is 29.4 Å². The number of hydrogen-bond donors (Lipinski definition) is 1. The van der Waals surface area contributed by atoms with Gasteiger partial charge in [0.25, 0.3) is 0 Å². The molecule has 0 atom stereocenters. The van der Waals surface area contributed by atoms with Crippen molar-refractivity contribution in [2.45, 2.75) is 34.2 Å². The zero-order chi connectivity index (χ0) is 15.8. The predicted molar refractivity (Wildman–Crippen MR) is 82.0 cm³/mol. The molecule has 0 spiro atoms. The molecule has 0 saturated heterocycles. The molecule has 0 aliphatic carbocycles. The molecule has 7 nitrogen and oxygen atoms in total. The summed E-state index contributed by atoms with van der Waals surface area (Å²) in [5.41, 5.74) is 0. The maximum atomic E-state index is 12.0. The van der Waals surface area contributed by atoms with E-state index >= 15 is 0 Å². The summed E-state index contributed by atoms with van der Waals surface area (Å²) in [4.78, 5) is 15.5. The van der Waals surface area contributed by atoms with E-state index in [9.17, 15) is 4.79 Å². The number of amides is 1. The van der Waals surface area contributed by atoms with Crippen LogP contribution in [0.4, 0.5) is 6.01 Å². The van der Waals surface area contributed by atoms with E-state index in [1.54, 1.807) is 16.8 Å². The SMILES string of the molecule is CCN(CC)C(=O)CN(C)c1nnc(CNCC(C)C)o1. The summed E-state index contributed by atoms with van der Waals surface area (Å²) in [6.07, 6.45) is 0. The molecular formula is C14H27N5O2. The molecule has 0 aromatic carbocycles. The van der Waals surface area contributed by atoms with Crippen LogP contribution in [0.1, 0.15) is 33.6 Å². The lowest BCUT2D eigenvalue weighted by Gasteiger charge is -2.21. The fourth-order valence-electron chi connectivity index (χ4n) is 1.89. The Hall–Kier alpha value is -1.63. The van der Waals surface area contributed by atoms with Gasteiger partial charge in [-0.25, -0.2) is 0 Å². The second-order valence-electron chi connectivity index (χ2n) is 5.43. The Morgan fingerprint density at radius 3 is 2.52 bits per heavy atom. The molecule has 0 fully saturated rings. The molecule has 1 aromatic rings. The van der Waals surface area contributed by atoms with E-state index < -0.39 is 0 Å². The summed E-state index contributed by atoms with van der Waals surface area (Å²) in [7, 11) is 1.78. The van der Waals surface area contributed by atoms with E-state index in [-0.39, 0.29) is 12.5 Å². The van der Waals surface area contributed by atoms with Gasteiger partial charge in [0, 0.05) is 20.1 Å². The van der Waals surface area contributed by atoms with Crippen molar-refractivity contribution in [3.8, 4) is 0 Å². The summed E-state index contributed by atoms with van der Waals surface area (Å²) in [5, 5.41) is 11.2. The molecule has 1 rings (SSSR count). The number of likely N-dealkylation sites (N-methyl/N-ethyl adjacent to an activating group) is 2. The van der Waals surface area contributed by atoms with E-state index in [4.69, 9.17) is 4.42 Å². The minimum absolute atomic E-state index is 0.0557. The average Bonchev–Trinajstić information content (AvgIpc) is 2.88. The first-order chi connectivity index (χ1) is 9.97. The fraction of sp³-hybridized carbons (Fsp3) is 0.786. The molecule has 0 bridgehead atoms. The van der Waals surface area contributed by atoms with Gasteiger partial charge >= 0.3 is 6.01 Å². The van der Waals surface area contributed by atoms with Crippen LogP contribution >= 0.6 is 0 Å². The van der Waals surface area contributed by atoms with Crippen molar-refractivity contribution in [1.82, 2.24) is 20.4 Å². The van der Waals surface area contributed by atoms with E-state index in [1.165, 1.54) is 0 Å². The highest BCUT2D eigenvalue weighted by Gasteiger charge is 2.16. The number of carbonyl (C=O) groups is 1. The monoisotopic (exact) mass is 297 g/mol. The summed E-state index contributed by atoms with van der Waals surface area (Å²) in [6.45, 7) is 11.3. The Morgan fingerprint density at radius 1 is 1.29 bits per heavy atom. The topological polar surface area (TPSA) is 74.5 Å². The van der Waals surface area contributed by atoms with Crippen LogP contribution in [-0.4, -0.2) is 54.2 Å². The lowest BCUT2D eigenvalue weighted by molar-refractivity contribution is -0.129. The highest BCUT2D eigenvalue weighted by Crippen LogP contribution is 2.10. The quantitative estimate of drug-likeness (QED) is 0.736. The molecule has 1 amide bonds. The molecule has 120 valence electrons. The number of nitrogens with zero attached hydrogens (tertiary/aromatic N) is 4. The van der Waals surface area contributed by atoms with Crippen molar-refractivity contribution in [2.24, 2.45) is 5.92 Å². The van der Waals surface area contributed by atoms with E-state index in [0.29, 0.717) is 37.5 Å². The zero-order valence-corrected chi connectivity index (χ0v) is 13.7. The van der Waals surface area contributed by atoms with Crippen LogP contribution in [0.15, 0.2) is 4.42 Å².